The summed E-state index contributed by atoms with van der Waals surface area (Å²) < 4.78 is 5.02. The Morgan fingerprint density at radius 2 is 2.00 bits per heavy atom. The van der Waals surface area contributed by atoms with E-state index in [1.807, 2.05) is 13.0 Å². The Morgan fingerprint density at radius 3 is 2.65 bits per heavy atom. The summed E-state index contributed by atoms with van der Waals surface area (Å²) in [5.41, 5.74) is 0.467. The van der Waals surface area contributed by atoms with Gasteiger partial charge in [-0.15, -0.1) is 5.06 Å². The van der Waals surface area contributed by atoms with Gasteiger partial charge in [0.15, 0.2) is 0 Å². The minimum Gasteiger partial charge on any atom is -0.465 e. The van der Waals surface area contributed by atoms with Crippen LogP contribution in [0.5, 0.6) is 0 Å². The zero-order chi connectivity index (χ0) is 14.5. The highest BCUT2D eigenvalue weighted by Crippen LogP contribution is 2.24. The van der Waals surface area contributed by atoms with Crippen LogP contribution in [0.1, 0.15) is 30.6 Å². The molecule has 1 aliphatic rings. The molecule has 0 saturated carbocycles. The van der Waals surface area contributed by atoms with E-state index in [4.69, 9.17) is 9.57 Å². The van der Waals surface area contributed by atoms with Gasteiger partial charge >= 0.3 is 11.9 Å². The quantitative estimate of drug-likeness (QED) is 0.788. The third-order valence-corrected chi connectivity index (χ3v) is 3.23. The number of benzene rings is 1. The molecule has 0 bridgehead atoms. The van der Waals surface area contributed by atoms with Crippen LogP contribution in [0, 0.1) is 5.92 Å². The molecule has 2 rings (SSSR count). The van der Waals surface area contributed by atoms with Gasteiger partial charge in [-0.2, -0.15) is 0 Å². The summed E-state index contributed by atoms with van der Waals surface area (Å²) in [7, 11) is 0. The minimum atomic E-state index is -0.502. The molecule has 0 aromatic heterocycles. The molecule has 1 aliphatic heterocycles. The maximum atomic E-state index is 12.0. The van der Waals surface area contributed by atoms with Gasteiger partial charge in [0.2, 0.25) is 0 Å². The van der Waals surface area contributed by atoms with Crippen LogP contribution >= 0.6 is 0 Å². The Kier molecular flexibility index (Phi) is 4.74. The maximum Gasteiger partial charge on any atom is 0.357 e. The fraction of sp³-hybridized carbons (Fsp3) is 0.467. The third kappa shape index (κ3) is 3.36. The summed E-state index contributed by atoms with van der Waals surface area (Å²) in [4.78, 5) is 29.2. The van der Waals surface area contributed by atoms with Crippen molar-refractivity contribution in [2.75, 3.05) is 13.2 Å². The molecule has 1 unspecified atom stereocenters. The Balaban J connectivity index is 2.03. The zero-order valence-electron chi connectivity index (χ0n) is 11.7. The van der Waals surface area contributed by atoms with Crippen LogP contribution in [-0.4, -0.2) is 36.2 Å². The number of rotatable bonds is 4. The second-order valence-electron chi connectivity index (χ2n) is 4.95. The fourth-order valence-electron chi connectivity index (χ4n) is 2.29. The average Bonchev–Trinajstić information content (AvgIpc) is 2.81. The van der Waals surface area contributed by atoms with E-state index in [2.05, 4.69) is 0 Å². The molecule has 0 radical (unpaired) electrons. The molecule has 1 fully saturated rings. The van der Waals surface area contributed by atoms with E-state index >= 15 is 0 Å². The monoisotopic (exact) mass is 277 g/mol. The third-order valence-electron chi connectivity index (χ3n) is 3.23. The van der Waals surface area contributed by atoms with E-state index in [1.54, 1.807) is 31.2 Å². The van der Waals surface area contributed by atoms with Gasteiger partial charge in [-0.1, -0.05) is 25.1 Å². The lowest BCUT2D eigenvalue weighted by Crippen LogP contribution is -2.38. The molecule has 1 aromatic carbocycles. The number of hydrogen-bond donors (Lipinski definition) is 0. The predicted molar refractivity (Wildman–Crippen MR) is 72.8 cm³/mol. The van der Waals surface area contributed by atoms with Gasteiger partial charge in [0.05, 0.1) is 12.2 Å². The van der Waals surface area contributed by atoms with Gasteiger partial charge in [-0.05, 0) is 31.4 Å². The first kappa shape index (κ1) is 14.5. The Labute approximate surface area is 118 Å². The number of carbonyl (C=O) groups is 2. The van der Waals surface area contributed by atoms with Crippen LogP contribution in [0.4, 0.5) is 0 Å². The summed E-state index contributed by atoms with van der Waals surface area (Å²) in [6.07, 6.45) is 0.640. The molecule has 1 heterocycles. The number of carbonyl (C=O) groups excluding carboxylic acids is 2. The molecule has 1 aromatic rings. The summed E-state index contributed by atoms with van der Waals surface area (Å²) in [6.45, 7) is 4.64. The maximum absolute atomic E-state index is 12.0. The van der Waals surface area contributed by atoms with Crippen molar-refractivity contribution >= 4 is 11.9 Å². The molecule has 0 N–H and O–H groups in total. The molecular weight excluding hydrogens is 258 g/mol. The van der Waals surface area contributed by atoms with Gasteiger partial charge in [-0.3, -0.25) is 4.79 Å². The molecule has 0 amide bonds. The largest absolute Gasteiger partial charge is 0.465 e. The van der Waals surface area contributed by atoms with E-state index in [0.29, 0.717) is 25.1 Å². The molecule has 2 atom stereocenters. The highest BCUT2D eigenvalue weighted by molar-refractivity contribution is 5.89. The zero-order valence-corrected chi connectivity index (χ0v) is 11.7. The number of ether oxygens (including phenoxy) is 1. The molecule has 0 spiro atoms. The van der Waals surface area contributed by atoms with Crippen molar-refractivity contribution in [3.8, 4) is 0 Å². The van der Waals surface area contributed by atoms with Gasteiger partial charge in [0.25, 0.3) is 0 Å². The molecule has 0 aliphatic carbocycles. The standard InChI is InChI=1S/C15H19NO4/c1-3-19-15(18)13-9-11(2)10-16(13)20-14(17)12-7-5-4-6-8-12/h4-8,11,13H,3,9-10H2,1-2H3/t11-,13?/m1/s1. The first-order chi connectivity index (χ1) is 9.61. The van der Waals surface area contributed by atoms with Gasteiger partial charge < -0.3 is 9.57 Å². The van der Waals surface area contributed by atoms with Crippen LogP contribution < -0.4 is 0 Å². The molecule has 5 heteroatoms. The molecule has 108 valence electrons. The van der Waals surface area contributed by atoms with Crippen LogP contribution in [0.15, 0.2) is 30.3 Å². The lowest BCUT2D eigenvalue weighted by Gasteiger charge is -2.21. The number of nitrogens with zero attached hydrogens (tertiary/aromatic N) is 1. The van der Waals surface area contributed by atoms with Crippen LogP contribution in [0.3, 0.4) is 0 Å². The van der Waals surface area contributed by atoms with Crippen LogP contribution in [0.25, 0.3) is 0 Å². The molecule has 1 saturated heterocycles. The van der Waals surface area contributed by atoms with Gasteiger partial charge in [0.1, 0.15) is 6.04 Å². The van der Waals surface area contributed by atoms with E-state index in [1.165, 1.54) is 5.06 Å². The minimum absolute atomic E-state index is 0.285. The second kappa shape index (κ2) is 6.52. The summed E-state index contributed by atoms with van der Waals surface area (Å²) in [5.74, 6) is -0.500. The highest BCUT2D eigenvalue weighted by atomic mass is 16.7. The van der Waals surface area contributed by atoms with Crippen molar-refractivity contribution in [3.63, 3.8) is 0 Å². The molecular formula is C15H19NO4. The fourth-order valence-corrected chi connectivity index (χ4v) is 2.29. The predicted octanol–water partition coefficient (Wildman–Crippen LogP) is 2.03. The van der Waals surface area contributed by atoms with E-state index < -0.39 is 12.0 Å². The van der Waals surface area contributed by atoms with Crippen molar-refractivity contribution < 1.29 is 19.2 Å². The number of esters is 1. The summed E-state index contributed by atoms with van der Waals surface area (Å²) in [6, 6.07) is 8.23. The van der Waals surface area contributed by atoms with Crippen LogP contribution in [-0.2, 0) is 14.4 Å². The SMILES string of the molecule is CCOC(=O)C1C[C@@H](C)CN1OC(=O)c1ccccc1. The molecule has 20 heavy (non-hydrogen) atoms. The van der Waals surface area contributed by atoms with E-state index in [9.17, 15) is 9.59 Å². The van der Waals surface area contributed by atoms with E-state index in [0.717, 1.165) is 0 Å². The topological polar surface area (TPSA) is 55.8 Å². The molecule has 5 nitrogen and oxygen atoms in total. The summed E-state index contributed by atoms with van der Waals surface area (Å²) >= 11 is 0. The number of hydrogen-bond acceptors (Lipinski definition) is 5. The highest BCUT2D eigenvalue weighted by Gasteiger charge is 2.38. The normalized spacial score (nSPS) is 22.5. The second-order valence-corrected chi connectivity index (χ2v) is 4.95. The smallest absolute Gasteiger partial charge is 0.357 e. The number of hydroxylamine groups is 2. The van der Waals surface area contributed by atoms with Crippen molar-refractivity contribution in [1.29, 1.82) is 0 Å². The first-order valence-electron chi connectivity index (χ1n) is 6.82. The van der Waals surface area contributed by atoms with Crippen LogP contribution in [0.2, 0.25) is 0 Å². The Hall–Kier alpha value is -1.88. The lowest BCUT2D eigenvalue weighted by molar-refractivity contribution is -0.168. The average molecular weight is 277 g/mol. The van der Waals surface area contributed by atoms with Gasteiger partial charge in [-0.25, -0.2) is 4.79 Å². The summed E-state index contributed by atoms with van der Waals surface area (Å²) in [5, 5.41) is 1.44. The van der Waals surface area contributed by atoms with Crippen molar-refractivity contribution in [2.24, 2.45) is 5.92 Å². The van der Waals surface area contributed by atoms with E-state index in [-0.39, 0.29) is 11.9 Å². The van der Waals surface area contributed by atoms with Crippen molar-refractivity contribution in [2.45, 2.75) is 26.3 Å². The lowest BCUT2D eigenvalue weighted by atomic mass is 10.1. The first-order valence-corrected chi connectivity index (χ1v) is 6.82. The Morgan fingerprint density at radius 1 is 1.30 bits per heavy atom. The Bertz CT molecular complexity index is 474. The van der Waals surface area contributed by atoms with Crippen molar-refractivity contribution in [3.05, 3.63) is 35.9 Å². The van der Waals surface area contributed by atoms with Crippen molar-refractivity contribution in [1.82, 2.24) is 5.06 Å². The van der Waals surface area contributed by atoms with Gasteiger partial charge in [0, 0.05) is 6.54 Å².